The van der Waals surface area contributed by atoms with Gasteiger partial charge < -0.3 is 4.57 Å². The first kappa shape index (κ1) is 11.7. The van der Waals surface area contributed by atoms with E-state index >= 15 is 0 Å². The van der Waals surface area contributed by atoms with Crippen LogP contribution < -0.4 is 0 Å². The Balaban J connectivity index is 2.45. The average molecular weight is 251 g/mol. The molecule has 0 saturated heterocycles. The third kappa shape index (κ3) is 2.31. The van der Waals surface area contributed by atoms with Gasteiger partial charge in [-0.3, -0.25) is 10.1 Å². The maximum Gasteiger partial charge on any atom is 0.270 e. The maximum atomic E-state index is 10.6. The minimum Gasteiger partial charge on any atom is -0.343 e. The van der Waals surface area contributed by atoms with Crippen molar-refractivity contribution in [3.05, 3.63) is 51.7 Å². The molecule has 1 aromatic carbocycles. The number of non-ortho nitro benzene ring substituents is 1. The number of nitro benzene ring substituents is 1. The predicted molar refractivity (Wildman–Crippen MR) is 68.2 cm³/mol. The molecule has 1 aromatic heterocycles. The lowest BCUT2D eigenvalue weighted by Gasteiger charge is -2.04. The van der Waals surface area contributed by atoms with Gasteiger partial charge in [-0.05, 0) is 24.6 Å². The van der Waals surface area contributed by atoms with Crippen LogP contribution in [0.2, 0.25) is 0 Å². The molecule has 17 heavy (non-hydrogen) atoms. The normalized spacial score (nSPS) is 12.0. The second-order valence-electron chi connectivity index (χ2n) is 3.90. The number of nitro groups is 1. The fraction of sp³-hybridized carbons (Fsp3) is 0.167. The van der Waals surface area contributed by atoms with E-state index in [0.29, 0.717) is 6.54 Å². The number of hydrogen-bond donors (Lipinski definition) is 0. The molecular weight excluding hydrogens is 240 g/mol. The van der Waals surface area contributed by atoms with Crippen LogP contribution in [0.3, 0.4) is 0 Å². The number of rotatable bonds is 3. The van der Waals surface area contributed by atoms with E-state index in [2.05, 4.69) is 0 Å². The van der Waals surface area contributed by atoms with Gasteiger partial charge >= 0.3 is 0 Å². The summed E-state index contributed by atoms with van der Waals surface area (Å²) in [4.78, 5) is 10.3. The van der Waals surface area contributed by atoms with Gasteiger partial charge in [0.1, 0.15) is 0 Å². The highest BCUT2D eigenvalue weighted by Gasteiger charge is 2.08. The van der Waals surface area contributed by atoms with Gasteiger partial charge in [0.05, 0.1) is 4.92 Å². The van der Waals surface area contributed by atoms with Gasteiger partial charge in [0.25, 0.3) is 5.69 Å². The fourth-order valence-electron chi connectivity index (χ4n) is 1.74. The second kappa shape index (κ2) is 4.59. The number of halogens is 1. The number of fused-ring (bicyclic) bond motifs is 1. The molecule has 0 amide bonds. The van der Waals surface area contributed by atoms with Gasteiger partial charge in [-0.15, -0.1) is 0 Å². The van der Waals surface area contributed by atoms with Crippen molar-refractivity contribution >= 4 is 28.2 Å². The molecule has 0 radical (unpaired) electrons. The van der Waals surface area contributed by atoms with Crippen LogP contribution in [0, 0.1) is 10.1 Å². The fourth-order valence-corrected chi connectivity index (χ4v) is 1.81. The highest BCUT2D eigenvalue weighted by molar-refractivity contribution is 6.25. The van der Waals surface area contributed by atoms with Gasteiger partial charge in [-0.1, -0.05) is 11.6 Å². The zero-order chi connectivity index (χ0) is 12.4. The SMILES string of the molecule is C/C(=C/Cl)Cn1ccc2cc([N+](=O)[O-])ccc21. The Hall–Kier alpha value is -1.81. The quantitative estimate of drug-likeness (QED) is 0.616. The van der Waals surface area contributed by atoms with E-state index in [1.54, 1.807) is 12.1 Å². The largest absolute Gasteiger partial charge is 0.343 e. The summed E-state index contributed by atoms with van der Waals surface area (Å²) in [5.41, 5.74) is 3.65. The number of benzene rings is 1. The lowest BCUT2D eigenvalue weighted by molar-refractivity contribution is -0.384. The third-order valence-electron chi connectivity index (χ3n) is 2.57. The van der Waals surface area contributed by atoms with Crippen molar-refractivity contribution in [3.63, 3.8) is 0 Å². The summed E-state index contributed by atoms with van der Waals surface area (Å²) < 4.78 is 2.01. The summed E-state index contributed by atoms with van der Waals surface area (Å²) in [6, 6.07) is 6.71. The molecule has 0 aliphatic rings. The van der Waals surface area contributed by atoms with Crippen molar-refractivity contribution in [2.45, 2.75) is 13.5 Å². The van der Waals surface area contributed by atoms with Gasteiger partial charge in [-0.2, -0.15) is 0 Å². The predicted octanol–water partition coefficient (Wildman–Crippen LogP) is 3.69. The summed E-state index contributed by atoms with van der Waals surface area (Å²) in [6.07, 6.45) is 1.90. The molecule has 0 saturated carbocycles. The summed E-state index contributed by atoms with van der Waals surface area (Å²) in [5, 5.41) is 11.5. The molecule has 0 aliphatic carbocycles. The van der Waals surface area contributed by atoms with E-state index in [4.69, 9.17) is 11.6 Å². The minimum atomic E-state index is -0.388. The molecule has 0 aliphatic heterocycles. The highest BCUT2D eigenvalue weighted by atomic mass is 35.5. The van der Waals surface area contributed by atoms with E-state index in [-0.39, 0.29) is 10.6 Å². The third-order valence-corrected chi connectivity index (χ3v) is 2.94. The van der Waals surface area contributed by atoms with Gasteiger partial charge in [0.15, 0.2) is 0 Å². The van der Waals surface area contributed by atoms with Crippen molar-refractivity contribution in [1.29, 1.82) is 0 Å². The van der Waals surface area contributed by atoms with Crippen LogP contribution in [-0.2, 0) is 6.54 Å². The molecule has 1 heterocycles. The zero-order valence-corrected chi connectivity index (χ0v) is 10.0. The minimum absolute atomic E-state index is 0.111. The Kier molecular flexibility index (Phi) is 3.15. The van der Waals surface area contributed by atoms with E-state index in [9.17, 15) is 10.1 Å². The molecule has 2 aromatic rings. The Labute approximate surface area is 103 Å². The van der Waals surface area contributed by atoms with Crippen LogP contribution in [0.4, 0.5) is 5.69 Å². The number of nitrogens with zero attached hydrogens (tertiary/aromatic N) is 2. The molecule has 2 rings (SSSR count). The summed E-state index contributed by atoms with van der Waals surface area (Å²) in [5.74, 6) is 0. The molecule has 0 spiro atoms. The van der Waals surface area contributed by atoms with Crippen LogP contribution >= 0.6 is 11.6 Å². The topological polar surface area (TPSA) is 48.1 Å². The number of allylic oxidation sites excluding steroid dienone is 1. The Morgan fingerprint density at radius 1 is 1.53 bits per heavy atom. The summed E-state index contributed by atoms with van der Waals surface area (Å²) in [6.45, 7) is 2.62. The van der Waals surface area contributed by atoms with E-state index in [1.165, 1.54) is 11.6 Å². The second-order valence-corrected chi connectivity index (χ2v) is 4.12. The van der Waals surface area contributed by atoms with Gasteiger partial charge in [0.2, 0.25) is 0 Å². The molecule has 0 atom stereocenters. The molecule has 5 heteroatoms. The van der Waals surface area contributed by atoms with Crippen LogP contribution in [0.25, 0.3) is 10.9 Å². The first-order chi connectivity index (χ1) is 8.11. The van der Waals surface area contributed by atoms with E-state index in [1.807, 2.05) is 23.8 Å². The Bertz CT molecular complexity index is 602. The molecule has 0 bridgehead atoms. The van der Waals surface area contributed by atoms with Crippen LogP contribution in [0.5, 0.6) is 0 Å². The first-order valence-corrected chi connectivity index (χ1v) is 5.54. The highest BCUT2D eigenvalue weighted by Crippen LogP contribution is 2.22. The molecule has 0 unspecified atom stereocenters. The van der Waals surface area contributed by atoms with Gasteiger partial charge in [-0.25, -0.2) is 0 Å². The molecule has 4 nitrogen and oxygen atoms in total. The number of aromatic nitrogens is 1. The van der Waals surface area contributed by atoms with Crippen molar-refractivity contribution in [2.24, 2.45) is 0 Å². The lowest BCUT2D eigenvalue weighted by atomic mass is 10.2. The zero-order valence-electron chi connectivity index (χ0n) is 9.26. The monoisotopic (exact) mass is 250 g/mol. The van der Waals surface area contributed by atoms with Crippen molar-refractivity contribution in [1.82, 2.24) is 4.57 Å². The smallest absolute Gasteiger partial charge is 0.270 e. The molecule has 0 N–H and O–H groups in total. The van der Waals surface area contributed by atoms with Crippen molar-refractivity contribution in [3.8, 4) is 0 Å². The molecule has 88 valence electrons. The van der Waals surface area contributed by atoms with E-state index in [0.717, 1.165) is 16.5 Å². The average Bonchev–Trinajstić information content (AvgIpc) is 2.71. The van der Waals surface area contributed by atoms with Gasteiger partial charge in [0, 0.05) is 41.3 Å². The first-order valence-electron chi connectivity index (χ1n) is 5.11. The maximum absolute atomic E-state index is 10.6. The number of hydrogen-bond acceptors (Lipinski definition) is 2. The lowest BCUT2D eigenvalue weighted by Crippen LogP contribution is -1.96. The Morgan fingerprint density at radius 3 is 2.94 bits per heavy atom. The van der Waals surface area contributed by atoms with Crippen molar-refractivity contribution in [2.75, 3.05) is 0 Å². The van der Waals surface area contributed by atoms with Crippen molar-refractivity contribution < 1.29 is 4.92 Å². The van der Waals surface area contributed by atoms with E-state index < -0.39 is 0 Å². The molecular formula is C12H11ClN2O2. The van der Waals surface area contributed by atoms with Crippen LogP contribution in [0.1, 0.15) is 6.92 Å². The standard InChI is InChI=1S/C12H11ClN2O2/c1-9(7-13)8-14-5-4-10-6-11(15(16)17)2-3-12(10)14/h2-7H,8H2,1H3/b9-7-. The molecule has 0 fully saturated rings. The van der Waals surface area contributed by atoms with Crippen LogP contribution in [0.15, 0.2) is 41.6 Å². The Morgan fingerprint density at radius 2 is 2.29 bits per heavy atom. The summed E-state index contributed by atoms with van der Waals surface area (Å²) >= 11 is 5.62. The van der Waals surface area contributed by atoms with Crippen LogP contribution in [-0.4, -0.2) is 9.49 Å². The summed E-state index contributed by atoms with van der Waals surface area (Å²) in [7, 11) is 0.